The van der Waals surface area contributed by atoms with E-state index in [0.29, 0.717) is 0 Å². The average molecular weight is 334 g/mol. The maximum atomic E-state index is 11.9. The van der Waals surface area contributed by atoms with Crippen molar-refractivity contribution in [3.05, 3.63) is 29.8 Å². The molecular weight excluding hydrogens is 323 g/mol. The van der Waals surface area contributed by atoms with Gasteiger partial charge in [0, 0.05) is 18.2 Å². The summed E-state index contributed by atoms with van der Waals surface area (Å²) in [6.07, 6.45) is 0. The molecule has 19 heavy (non-hydrogen) atoms. The standard InChI is InChI=1S/C10H11ClF3NO2S2/c11-7-8-1-3-9(4-2-8)19(16,17)15-5-6-18-10(12,13)14/h1-4,15H,5-7H2. The number of benzene rings is 1. The summed E-state index contributed by atoms with van der Waals surface area (Å²) in [6, 6.07) is 5.81. The number of nitrogens with one attached hydrogen (secondary N) is 1. The van der Waals surface area contributed by atoms with Gasteiger partial charge in [0.1, 0.15) is 0 Å². The molecule has 3 nitrogen and oxygen atoms in total. The van der Waals surface area contributed by atoms with Gasteiger partial charge in [-0.15, -0.1) is 11.6 Å². The number of sulfonamides is 1. The molecule has 1 rings (SSSR count). The third-order valence-corrected chi connectivity index (χ3v) is 4.57. The van der Waals surface area contributed by atoms with E-state index >= 15 is 0 Å². The minimum atomic E-state index is -4.35. The van der Waals surface area contributed by atoms with Crippen LogP contribution in [0.1, 0.15) is 5.56 Å². The maximum absolute atomic E-state index is 11.9. The number of hydrogen-bond donors (Lipinski definition) is 1. The van der Waals surface area contributed by atoms with Crippen LogP contribution in [-0.2, 0) is 15.9 Å². The lowest BCUT2D eigenvalue weighted by Gasteiger charge is -2.08. The number of halogens is 4. The topological polar surface area (TPSA) is 46.2 Å². The van der Waals surface area contributed by atoms with Crippen LogP contribution in [0.25, 0.3) is 0 Å². The van der Waals surface area contributed by atoms with Crippen LogP contribution in [0.4, 0.5) is 13.2 Å². The summed E-state index contributed by atoms with van der Waals surface area (Å²) in [5.74, 6) is -0.113. The highest BCUT2D eigenvalue weighted by Crippen LogP contribution is 2.29. The fraction of sp³-hybridized carbons (Fsp3) is 0.400. The highest BCUT2D eigenvalue weighted by Gasteiger charge is 2.27. The molecule has 1 aromatic rings. The zero-order valence-electron chi connectivity index (χ0n) is 9.58. The van der Waals surface area contributed by atoms with Gasteiger partial charge in [0.25, 0.3) is 0 Å². The van der Waals surface area contributed by atoms with Crippen molar-refractivity contribution in [2.75, 3.05) is 12.3 Å². The highest BCUT2D eigenvalue weighted by molar-refractivity contribution is 8.00. The van der Waals surface area contributed by atoms with Crippen molar-refractivity contribution in [3.8, 4) is 0 Å². The SMILES string of the molecule is O=S(=O)(NCCSC(F)(F)F)c1ccc(CCl)cc1. The van der Waals surface area contributed by atoms with Gasteiger partial charge in [-0.1, -0.05) is 12.1 Å². The Morgan fingerprint density at radius 2 is 1.79 bits per heavy atom. The molecule has 0 amide bonds. The number of rotatable bonds is 6. The molecule has 0 aromatic heterocycles. The van der Waals surface area contributed by atoms with E-state index < -0.39 is 15.5 Å². The van der Waals surface area contributed by atoms with Crippen LogP contribution < -0.4 is 4.72 Å². The molecular formula is C10H11ClF3NO2S2. The van der Waals surface area contributed by atoms with E-state index in [1.54, 1.807) is 12.1 Å². The molecule has 1 N–H and O–H groups in total. The van der Waals surface area contributed by atoms with Crippen molar-refractivity contribution in [1.29, 1.82) is 0 Å². The second-order valence-corrected chi connectivity index (χ2v) is 6.66. The molecule has 1 aromatic carbocycles. The van der Waals surface area contributed by atoms with Gasteiger partial charge in [0.2, 0.25) is 10.0 Å². The van der Waals surface area contributed by atoms with Gasteiger partial charge in [-0.3, -0.25) is 0 Å². The normalized spacial score (nSPS) is 12.6. The van der Waals surface area contributed by atoms with E-state index in [4.69, 9.17) is 11.6 Å². The third kappa shape index (κ3) is 6.03. The Kier molecular flexibility index (Phi) is 5.97. The molecule has 0 spiro atoms. The Labute approximate surface area is 118 Å². The lowest BCUT2D eigenvalue weighted by atomic mass is 10.2. The Bertz CT molecular complexity index is 503. The largest absolute Gasteiger partial charge is 0.441 e. The van der Waals surface area contributed by atoms with Gasteiger partial charge in [-0.2, -0.15) is 13.2 Å². The zero-order chi connectivity index (χ0) is 14.5. The first-order valence-corrected chi connectivity index (χ1v) is 8.10. The second-order valence-electron chi connectivity index (χ2n) is 3.47. The van der Waals surface area contributed by atoms with Crippen LogP contribution in [0.15, 0.2) is 29.2 Å². The predicted molar refractivity (Wildman–Crippen MR) is 69.7 cm³/mol. The Balaban J connectivity index is 2.56. The Morgan fingerprint density at radius 3 is 2.26 bits per heavy atom. The van der Waals surface area contributed by atoms with Crippen LogP contribution in [0.2, 0.25) is 0 Å². The number of thioether (sulfide) groups is 1. The molecule has 0 bridgehead atoms. The molecule has 0 aliphatic heterocycles. The van der Waals surface area contributed by atoms with Crippen molar-refractivity contribution in [1.82, 2.24) is 4.72 Å². The van der Waals surface area contributed by atoms with Crippen LogP contribution in [0, 0.1) is 0 Å². The Morgan fingerprint density at radius 1 is 1.21 bits per heavy atom. The zero-order valence-corrected chi connectivity index (χ0v) is 12.0. The van der Waals surface area contributed by atoms with E-state index in [-0.39, 0.29) is 34.8 Å². The van der Waals surface area contributed by atoms with Gasteiger partial charge in [-0.25, -0.2) is 13.1 Å². The molecule has 0 unspecified atom stereocenters. The summed E-state index contributed by atoms with van der Waals surface area (Å²) in [6.45, 7) is -0.288. The van der Waals surface area contributed by atoms with Gasteiger partial charge in [0.05, 0.1) is 4.90 Å². The monoisotopic (exact) mass is 333 g/mol. The lowest BCUT2D eigenvalue weighted by molar-refractivity contribution is -0.0327. The molecule has 0 fully saturated rings. The van der Waals surface area contributed by atoms with Crippen LogP contribution in [0.3, 0.4) is 0 Å². The quantitative estimate of drug-likeness (QED) is 0.643. The molecule has 0 heterocycles. The van der Waals surface area contributed by atoms with E-state index in [0.717, 1.165) is 5.56 Å². The fourth-order valence-electron chi connectivity index (χ4n) is 1.18. The highest BCUT2D eigenvalue weighted by atomic mass is 35.5. The van der Waals surface area contributed by atoms with Gasteiger partial charge >= 0.3 is 5.51 Å². The molecule has 0 saturated heterocycles. The van der Waals surface area contributed by atoms with E-state index in [2.05, 4.69) is 4.72 Å². The molecule has 9 heteroatoms. The van der Waals surface area contributed by atoms with E-state index in [9.17, 15) is 21.6 Å². The third-order valence-electron chi connectivity index (χ3n) is 2.05. The van der Waals surface area contributed by atoms with Crippen LogP contribution in [-0.4, -0.2) is 26.2 Å². The van der Waals surface area contributed by atoms with Crippen LogP contribution >= 0.6 is 23.4 Å². The minimum Gasteiger partial charge on any atom is -0.210 e. The average Bonchev–Trinajstić information content (AvgIpc) is 2.34. The maximum Gasteiger partial charge on any atom is 0.441 e. The summed E-state index contributed by atoms with van der Waals surface area (Å²) in [5.41, 5.74) is -3.60. The van der Waals surface area contributed by atoms with Gasteiger partial charge in [-0.05, 0) is 29.5 Å². The van der Waals surface area contributed by atoms with E-state index in [1.165, 1.54) is 12.1 Å². The van der Waals surface area contributed by atoms with Gasteiger partial charge < -0.3 is 0 Å². The minimum absolute atomic E-state index is 0.00150. The van der Waals surface area contributed by atoms with Crippen molar-refractivity contribution in [2.45, 2.75) is 16.3 Å². The van der Waals surface area contributed by atoms with Crippen molar-refractivity contribution in [3.63, 3.8) is 0 Å². The molecule has 0 atom stereocenters. The smallest absolute Gasteiger partial charge is 0.210 e. The molecule has 0 radical (unpaired) electrons. The first-order valence-electron chi connectivity index (χ1n) is 5.10. The summed E-state index contributed by atoms with van der Waals surface area (Å²) < 4.78 is 61.1. The predicted octanol–water partition coefficient (Wildman–Crippen LogP) is 2.96. The number of alkyl halides is 4. The van der Waals surface area contributed by atoms with Crippen LogP contribution in [0.5, 0.6) is 0 Å². The first-order chi connectivity index (χ1) is 8.74. The van der Waals surface area contributed by atoms with E-state index in [1.807, 2.05) is 0 Å². The second kappa shape index (κ2) is 6.83. The van der Waals surface area contributed by atoms with Crippen molar-refractivity contribution < 1.29 is 21.6 Å². The number of hydrogen-bond acceptors (Lipinski definition) is 3. The lowest BCUT2D eigenvalue weighted by Crippen LogP contribution is -2.26. The first kappa shape index (κ1) is 16.6. The molecule has 108 valence electrons. The van der Waals surface area contributed by atoms with Crippen molar-refractivity contribution in [2.24, 2.45) is 0 Å². The summed E-state index contributed by atoms with van der Waals surface area (Å²) in [5, 5.41) is 0. The summed E-state index contributed by atoms with van der Waals surface area (Å²) in [4.78, 5) is -0.00150. The Hall–Kier alpha value is -0.440. The summed E-state index contributed by atoms with van der Waals surface area (Å²) in [7, 11) is -3.78. The fourth-order valence-corrected chi connectivity index (χ4v) is 2.96. The molecule has 0 aliphatic carbocycles. The van der Waals surface area contributed by atoms with Gasteiger partial charge in [0.15, 0.2) is 0 Å². The molecule has 0 saturated carbocycles. The van der Waals surface area contributed by atoms with Crippen molar-refractivity contribution >= 4 is 33.4 Å². The molecule has 0 aliphatic rings. The summed E-state index contributed by atoms with van der Waals surface area (Å²) >= 11 is 5.30.